The maximum atomic E-state index is 12.3. The third kappa shape index (κ3) is 4.34. The number of amides is 1. The van der Waals surface area contributed by atoms with Gasteiger partial charge >= 0.3 is 5.97 Å². The van der Waals surface area contributed by atoms with Gasteiger partial charge in [-0.05, 0) is 17.7 Å². The first-order valence-electron chi connectivity index (χ1n) is 7.13. The highest BCUT2D eigenvalue weighted by Crippen LogP contribution is 2.34. The summed E-state index contributed by atoms with van der Waals surface area (Å²) in [7, 11) is 3.41. The SMILES string of the molecule is CN(C)c1ccc(/C=C2/SC(=S)N(CCC(=O)O)C2=O)cc1[N+](=O)[O-]. The van der Waals surface area contributed by atoms with E-state index in [1.54, 1.807) is 31.1 Å². The minimum atomic E-state index is -1.02. The number of thiocarbonyl (C=S) groups is 1. The number of nitro groups is 1. The Balaban J connectivity index is 2.30. The molecule has 132 valence electrons. The Morgan fingerprint density at radius 1 is 1.48 bits per heavy atom. The quantitative estimate of drug-likeness (QED) is 0.347. The lowest BCUT2D eigenvalue weighted by Gasteiger charge is -2.13. The zero-order valence-electron chi connectivity index (χ0n) is 13.5. The maximum absolute atomic E-state index is 12.3. The lowest BCUT2D eigenvalue weighted by molar-refractivity contribution is -0.384. The van der Waals surface area contributed by atoms with Crippen LogP contribution in [0.2, 0.25) is 0 Å². The van der Waals surface area contributed by atoms with E-state index in [1.807, 2.05) is 0 Å². The van der Waals surface area contributed by atoms with Crippen LogP contribution in [0.1, 0.15) is 12.0 Å². The standard InChI is InChI=1S/C15H15N3O5S2/c1-16(2)10-4-3-9(7-11(10)18(22)23)8-12-14(21)17(15(24)25-12)6-5-13(19)20/h3-4,7-8H,5-6H2,1-2H3,(H,19,20)/b12-8+. The summed E-state index contributed by atoms with van der Waals surface area (Å²) in [6.45, 7) is -0.00292. The van der Waals surface area contributed by atoms with Gasteiger partial charge in [0.15, 0.2) is 0 Å². The lowest BCUT2D eigenvalue weighted by atomic mass is 10.1. The highest BCUT2D eigenvalue weighted by atomic mass is 32.2. The molecule has 0 radical (unpaired) electrons. The summed E-state index contributed by atoms with van der Waals surface area (Å²) in [5.74, 6) is -1.41. The van der Waals surface area contributed by atoms with Gasteiger partial charge in [-0.1, -0.05) is 30.0 Å². The molecule has 10 heteroatoms. The third-order valence-electron chi connectivity index (χ3n) is 3.40. The van der Waals surface area contributed by atoms with E-state index in [9.17, 15) is 19.7 Å². The van der Waals surface area contributed by atoms with E-state index in [0.717, 1.165) is 11.8 Å². The highest BCUT2D eigenvalue weighted by molar-refractivity contribution is 8.26. The fraction of sp³-hybridized carbons (Fsp3) is 0.267. The maximum Gasteiger partial charge on any atom is 0.305 e. The van der Waals surface area contributed by atoms with Gasteiger partial charge in [-0.2, -0.15) is 0 Å². The number of carboxylic acids is 1. The van der Waals surface area contributed by atoms with Crippen LogP contribution in [0.15, 0.2) is 23.1 Å². The van der Waals surface area contributed by atoms with Gasteiger partial charge in [0, 0.05) is 26.7 Å². The molecule has 0 bridgehead atoms. The Labute approximate surface area is 153 Å². The number of benzene rings is 1. The molecule has 0 unspecified atom stereocenters. The summed E-state index contributed by atoms with van der Waals surface area (Å²) in [4.78, 5) is 36.9. The van der Waals surface area contributed by atoms with Crippen LogP contribution >= 0.6 is 24.0 Å². The first kappa shape index (κ1) is 18.9. The van der Waals surface area contributed by atoms with Gasteiger partial charge in [0.2, 0.25) is 0 Å². The number of nitrogens with zero attached hydrogens (tertiary/aromatic N) is 3. The predicted octanol–water partition coefficient (Wildman–Crippen LogP) is 2.34. The van der Waals surface area contributed by atoms with E-state index < -0.39 is 16.8 Å². The molecule has 0 aliphatic carbocycles. The number of anilines is 1. The monoisotopic (exact) mass is 381 g/mol. The fourth-order valence-electron chi connectivity index (χ4n) is 2.21. The second-order valence-corrected chi connectivity index (χ2v) is 7.05. The molecule has 1 amide bonds. The summed E-state index contributed by atoms with van der Waals surface area (Å²) in [6, 6.07) is 4.67. The van der Waals surface area contributed by atoms with E-state index in [0.29, 0.717) is 16.2 Å². The second kappa shape index (κ2) is 7.62. The van der Waals surface area contributed by atoms with Gasteiger partial charge in [-0.3, -0.25) is 24.6 Å². The Kier molecular flexibility index (Phi) is 5.75. The Hall–Kier alpha value is -2.46. The topological polar surface area (TPSA) is 104 Å². The molecule has 0 spiro atoms. The fourth-order valence-corrected chi connectivity index (χ4v) is 3.51. The number of carbonyl (C=O) groups excluding carboxylic acids is 1. The summed E-state index contributed by atoms with van der Waals surface area (Å²) in [6.07, 6.45) is 1.31. The van der Waals surface area contributed by atoms with E-state index >= 15 is 0 Å². The van der Waals surface area contributed by atoms with E-state index in [-0.39, 0.29) is 23.0 Å². The molecule has 0 aromatic heterocycles. The molecule has 2 rings (SSSR count). The van der Waals surface area contributed by atoms with Gasteiger partial charge in [0.25, 0.3) is 11.6 Å². The van der Waals surface area contributed by atoms with Crippen molar-refractivity contribution in [1.82, 2.24) is 4.90 Å². The molecular formula is C15H15N3O5S2. The molecule has 8 nitrogen and oxygen atoms in total. The van der Waals surface area contributed by atoms with Gasteiger partial charge < -0.3 is 10.0 Å². The van der Waals surface area contributed by atoms with Crippen LogP contribution in [0.25, 0.3) is 6.08 Å². The minimum Gasteiger partial charge on any atom is -0.481 e. The third-order valence-corrected chi connectivity index (χ3v) is 4.78. The molecule has 1 N–H and O–H groups in total. The van der Waals surface area contributed by atoms with Crippen LogP contribution < -0.4 is 4.90 Å². The van der Waals surface area contributed by atoms with Crippen molar-refractivity contribution in [3.8, 4) is 0 Å². The zero-order chi connectivity index (χ0) is 18.7. The van der Waals surface area contributed by atoms with Crippen LogP contribution in [-0.2, 0) is 9.59 Å². The summed E-state index contributed by atoms with van der Waals surface area (Å²) in [5, 5.41) is 20.0. The van der Waals surface area contributed by atoms with Crippen LogP contribution in [-0.4, -0.2) is 51.8 Å². The highest BCUT2D eigenvalue weighted by Gasteiger charge is 2.32. The smallest absolute Gasteiger partial charge is 0.305 e. The van der Waals surface area contributed by atoms with Gasteiger partial charge in [-0.25, -0.2) is 0 Å². The van der Waals surface area contributed by atoms with E-state index in [2.05, 4.69) is 0 Å². The predicted molar refractivity (Wildman–Crippen MR) is 99.6 cm³/mol. The van der Waals surface area contributed by atoms with Crippen molar-refractivity contribution >= 4 is 57.6 Å². The first-order valence-corrected chi connectivity index (χ1v) is 8.36. The summed E-state index contributed by atoms with van der Waals surface area (Å²) >= 11 is 6.15. The van der Waals surface area contributed by atoms with Crippen molar-refractivity contribution in [2.24, 2.45) is 0 Å². The molecule has 1 aromatic carbocycles. The first-order chi connectivity index (χ1) is 11.7. The summed E-state index contributed by atoms with van der Waals surface area (Å²) < 4.78 is 0.275. The number of aliphatic carboxylic acids is 1. The van der Waals surface area contributed by atoms with Crippen LogP contribution in [0.3, 0.4) is 0 Å². The van der Waals surface area contributed by atoms with Gasteiger partial charge in [0.05, 0.1) is 16.2 Å². The van der Waals surface area contributed by atoms with Crippen molar-refractivity contribution in [1.29, 1.82) is 0 Å². The van der Waals surface area contributed by atoms with Crippen molar-refractivity contribution in [3.63, 3.8) is 0 Å². The van der Waals surface area contributed by atoms with Crippen LogP contribution in [0, 0.1) is 10.1 Å². The minimum absolute atomic E-state index is 0.00292. The van der Waals surface area contributed by atoms with Gasteiger partial charge in [-0.15, -0.1) is 0 Å². The number of thioether (sulfide) groups is 1. The van der Waals surface area contributed by atoms with Crippen LogP contribution in [0.4, 0.5) is 11.4 Å². The Morgan fingerprint density at radius 3 is 2.72 bits per heavy atom. The molecule has 1 aliphatic rings. The van der Waals surface area contributed by atoms with E-state index in [1.165, 1.54) is 17.0 Å². The number of hydrogen-bond donors (Lipinski definition) is 1. The number of carboxylic acid groups (broad SMARTS) is 1. The molecule has 1 aromatic rings. The van der Waals surface area contributed by atoms with E-state index in [4.69, 9.17) is 17.3 Å². The largest absolute Gasteiger partial charge is 0.481 e. The average Bonchev–Trinajstić information content (AvgIpc) is 2.78. The summed E-state index contributed by atoms with van der Waals surface area (Å²) in [5.41, 5.74) is 0.882. The van der Waals surface area contributed by atoms with Crippen molar-refractivity contribution < 1.29 is 19.6 Å². The van der Waals surface area contributed by atoms with Gasteiger partial charge in [0.1, 0.15) is 10.0 Å². The average molecular weight is 381 g/mol. The molecule has 0 saturated carbocycles. The Bertz CT molecular complexity index is 791. The number of nitro benzene ring substituents is 1. The van der Waals surface area contributed by atoms with Crippen LogP contribution in [0.5, 0.6) is 0 Å². The molecule has 0 atom stereocenters. The Morgan fingerprint density at radius 2 is 2.16 bits per heavy atom. The molecule has 1 aliphatic heterocycles. The zero-order valence-corrected chi connectivity index (χ0v) is 15.1. The lowest BCUT2D eigenvalue weighted by Crippen LogP contribution is -2.30. The number of carbonyl (C=O) groups is 2. The molecule has 1 heterocycles. The molecular weight excluding hydrogens is 366 g/mol. The molecule has 1 saturated heterocycles. The molecule has 25 heavy (non-hydrogen) atoms. The number of hydrogen-bond acceptors (Lipinski definition) is 7. The number of rotatable bonds is 6. The van der Waals surface area contributed by atoms with Crippen molar-refractivity contribution in [2.45, 2.75) is 6.42 Å². The van der Waals surface area contributed by atoms with Crippen molar-refractivity contribution in [3.05, 3.63) is 38.8 Å². The second-order valence-electron chi connectivity index (χ2n) is 5.38. The normalized spacial score (nSPS) is 15.8. The molecule has 1 fully saturated rings. The van der Waals surface area contributed by atoms with Crippen molar-refractivity contribution in [2.75, 3.05) is 25.5 Å².